The van der Waals surface area contributed by atoms with Crippen LogP contribution in [0.5, 0.6) is 0 Å². The standard InChI is InChI=1S/C13H17N3O2/c14-9-3-1-2-8(6-9)13(18)16-11-7-10(15)4-5-12(11)17/h1-2,5-7,9-10,17H,3-4,14-15H2,(H,16,18). The van der Waals surface area contributed by atoms with Gasteiger partial charge in [0.2, 0.25) is 0 Å². The normalized spacial score (nSPS) is 27.1. The lowest BCUT2D eigenvalue weighted by molar-refractivity contribution is -0.116. The molecule has 6 N–H and O–H groups in total. The molecule has 0 radical (unpaired) electrons. The summed E-state index contributed by atoms with van der Waals surface area (Å²) < 4.78 is 0. The minimum atomic E-state index is -0.290. The van der Waals surface area contributed by atoms with E-state index in [1.807, 2.05) is 6.08 Å². The Morgan fingerprint density at radius 3 is 2.72 bits per heavy atom. The molecule has 0 heterocycles. The zero-order chi connectivity index (χ0) is 13.1. The van der Waals surface area contributed by atoms with Crippen LogP contribution in [-0.4, -0.2) is 23.1 Å². The fraction of sp³-hybridized carbons (Fsp3) is 0.308. The summed E-state index contributed by atoms with van der Waals surface area (Å²) >= 11 is 0. The van der Waals surface area contributed by atoms with Crippen LogP contribution in [0.4, 0.5) is 0 Å². The number of nitrogens with one attached hydrogen (secondary N) is 1. The molecule has 0 aliphatic heterocycles. The molecule has 2 aliphatic rings. The fourth-order valence-electron chi connectivity index (χ4n) is 1.88. The van der Waals surface area contributed by atoms with Gasteiger partial charge in [0.15, 0.2) is 0 Å². The fourth-order valence-corrected chi connectivity index (χ4v) is 1.88. The lowest BCUT2D eigenvalue weighted by Crippen LogP contribution is -2.31. The number of hydrogen-bond acceptors (Lipinski definition) is 4. The summed E-state index contributed by atoms with van der Waals surface area (Å²) in [5.74, 6) is -0.239. The molecular formula is C13H17N3O2. The molecule has 0 aromatic carbocycles. The van der Waals surface area contributed by atoms with Crippen LogP contribution in [0.3, 0.4) is 0 Å². The van der Waals surface area contributed by atoms with Crippen molar-refractivity contribution in [2.75, 3.05) is 0 Å². The van der Waals surface area contributed by atoms with Crippen molar-refractivity contribution in [1.29, 1.82) is 0 Å². The molecule has 0 fully saturated rings. The molecule has 18 heavy (non-hydrogen) atoms. The van der Waals surface area contributed by atoms with Gasteiger partial charge in [-0.15, -0.1) is 0 Å². The van der Waals surface area contributed by atoms with Crippen molar-refractivity contribution in [3.63, 3.8) is 0 Å². The number of aliphatic hydroxyl groups excluding tert-OH is 1. The van der Waals surface area contributed by atoms with Gasteiger partial charge in [-0.1, -0.05) is 18.2 Å². The predicted octanol–water partition coefficient (Wildman–Crippen LogP) is 0.373. The first kappa shape index (κ1) is 12.6. The molecule has 2 atom stereocenters. The first-order valence-electron chi connectivity index (χ1n) is 5.88. The Balaban J connectivity index is 2.08. The van der Waals surface area contributed by atoms with Crippen molar-refractivity contribution in [1.82, 2.24) is 5.32 Å². The Labute approximate surface area is 106 Å². The van der Waals surface area contributed by atoms with Crippen molar-refractivity contribution in [3.8, 4) is 0 Å². The Kier molecular flexibility index (Phi) is 3.64. The summed E-state index contributed by atoms with van der Waals surface area (Å²) in [5, 5.41) is 12.3. The second-order valence-corrected chi connectivity index (χ2v) is 4.45. The van der Waals surface area contributed by atoms with Gasteiger partial charge in [-0.2, -0.15) is 0 Å². The number of rotatable bonds is 2. The molecule has 2 aliphatic carbocycles. The maximum absolute atomic E-state index is 12.0. The van der Waals surface area contributed by atoms with Crippen LogP contribution < -0.4 is 16.8 Å². The number of nitrogens with two attached hydrogens (primary N) is 2. The van der Waals surface area contributed by atoms with Crippen LogP contribution in [0.25, 0.3) is 0 Å². The third kappa shape index (κ3) is 2.88. The number of hydrogen-bond donors (Lipinski definition) is 4. The van der Waals surface area contributed by atoms with Gasteiger partial charge in [0, 0.05) is 17.7 Å². The van der Waals surface area contributed by atoms with E-state index >= 15 is 0 Å². The molecule has 0 aromatic rings. The minimum Gasteiger partial charge on any atom is -0.506 e. The van der Waals surface area contributed by atoms with E-state index in [9.17, 15) is 9.90 Å². The van der Waals surface area contributed by atoms with Crippen molar-refractivity contribution in [2.24, 2.45) is 11.5 Å². The van der Waals surface area contributed by atoms with E-state index in [2.05, 4.69) is 5.32 Å². The van der Waals surface area contributed by atoms with Gasteiger partial charge < -0.3 is 21.9 Å². The summed E-state index contributed by atoms with van der Waals surface area (Å²) in [6, 6.07) is -0.322. The summed E-state index contributed by atoms with van der Waals surface area (Å²) in [5.41, 5.74) is 12.3. The average Bonchev–Trinajstić information content (AvgIpc) is 2.34. The van der Waals surface area contributed by atoms with Crippen LogP contribution in [0.15, 0.2) is 47.4 Å². The number of amides is 1. The van der Waals surface area contributed by atoms with Gasteiger partial charge in [0.1, 0.15) is 5.76 Å². The minimum absolute atomic E-state index is 0.0507. The Bertz CT molecular complexity index is 475. The van der Waals surface area contributed by atoms with Gasteiger partial charge in [0.05, 0.1) is 5.70 Å². The zero-order valence-corrected chi connectivity index (χ0v) is 9.97. The van der Waals surface area contributed by atoms with Gasteiger partial charge in [-0.25, -0.2) is 0 Å². The van der Waals surface area contributed by atoms with Gasteiger partial charge in [-0.3, -0.25) is 4.79 Å². The van der Waals surface area contributed by atoms with E-state index in [0.717, 1.165) is 6.42 Å². The predicted molar refractivity (Wildman–Crippen MR) is 69.3 cm³/mol. The molecule has 0 bridgehead atoms. The molecular weight excluding hydrogens is 230 g/mol. The second-order valence-electron chi connectivity index (χ2n) is 4.45. The Morgan fingerprint density at radius 1 is 1.28 bits per heavy atom. The molecule has 0 spiro atoms. The SMILES string of the molecule is NC1C=C(C(=O)NC2=CC(N)CC=C2O)C=CC1. The van der Waals surface area contributed by atoms with Crippen LogP contribution >= 0.6 is 0 Å². The molecule has 2 unspecified atom stereocenters. The summed E-state index contributed by atoms with van der Waals surface area (Å²) in [6.45, 7) is 0. The first-order valence-corrected chi connectivity index (χ1v) is 5.88. The van der Waals surface area contributed by atoms with Gasteiger partial charge in [0.25, 0.3) is 5.91 Å². The van der Waals surface area contributed by atoms with E-state index in [-0.39, 0.29) is 23.8 Å². The molecule has 5 heteroatoms. The lowest BCUT2D eigenvalue weighted by atomic mass is 10.0. The summed E-state index contributed by atoms with van der Waals surface area (Å²) in [7, 11) is 0. The number of carbonyl (C=O) groups excluding carboxylic acids is 1. The molecule has 2 rings (SSSR count). The van der Waals surface area contributed by atoms with E-state index < -0.39 is 0 Å². The first-order chi connectivity index (χ1) is 8.56. The molecule has 0 saturated heterocycles. The van der Waals surface area contributed by atoms with Crippen molar-refractivity contribution in [2.45, 2.75) is 24.9 Å². The van der Waals surface area contributed by atoms with Crippen molar-refractivity contribution < 1.29 is 9.90 Å². The third-order valence-corrected chi connectivity index (χ3v) is 2.85. The Morgan fingerprint density at radius 2 is 2.00 bits per heavy atom. The molecule has 96 valence electrons. The van der Waals surface area contributed by atoms with E-state index in [4.69, 9.17) is 11.5 Å². The number of carbonyl (C=O) groups is 1. The van der Waals surface area contributed by atoms with Crippen LogP contribution in [0.1, 0.15) is 12.8 Å². The highest BCUT2D eigenvalue weighted by atomic mass is 16.3. The van der Waals surface area contributed by atoms with Crippen molar-refractivity contribution >= 4 is 5.91 Å². The average molecular weight is 247 g/mol. The van der Waals surface area contributed by atoms with Crippen molar-refractivity contribution in [3.05, 3.63) is 47.4 Å². The molecule has 1 amide bonds. The van der Waals surface area contributed by atoms with Crippen LogP contribution in [-0.2, 0) is 4.79 Å². The molecule has 5 nitrogen and oxygen atoms in total. The molecule has 0 aromatic heterocycles. The lowest BCUT2D eigenvalue weighted by Gasteiger charge is -2.18. The summed E-state index contributed by atoms with van der Waals surface area (Å²) in [4.78, 5) is 12.0. The highest BCUT2D eigenvalue weighted by Crippen LogP contribution is 2.15. The van der Waals surface area contributed by atoms with Crippen LogP contribution in [0.2, 0.25) is 0 Å². The third-order valence-electron chi connectivity index (χ3n) is 2.85. The van der Waals surface area contributed by atoms with E-state index in [1.54, 1.807) is 24.3 Å². The van der Waals surface area contributed by atoms with Gasteiger partial charge >= 0.3 is 0 Å². The highest BCUT2D eigenvalue weighted by molar-refractivity contribution is 5.97. The van der Waals surface area contributed by atoms with E-state index in [1.165, 1.54) is 0 Å². The highest BCUT2D eigenvalue weighted by Gasteiger charge is 2.17. The zero-order valence-electron chi connectivity index (χ0n) is 9.97. The smallest absolute Gasteiger partial charge is 0.255 e. The molecule has 0 saturated carbocycles. The second kappa shape index (κ2) is 5.20. The summed E-state index contributed by atoms with van der Waals surface area (Å²) in [6.07, 6.45) is 9.82. The monoisotopic (exact) mass is 247 g/mol. The number of aliphatic hydroxyl groups is 1. The van der Waals surface area contributed by atoms with Crippen LogP contribution in [0, 0.1) is 0 Å². The maximum atomic E-state index is 12.0. The van der Waals surface area contributed by atoms with E-state index in [0.29, 0.717) is 17.7 Å². The quantitative estimate of drug-likeness (QED) is 0.566. The van der Waals surface area contributed by atoms with Gasteiger partial charge in [-0.05, 0) is 25.0 Å². The topological polar surface area (TPSA) is 101 Å². The Hall–Kier alpha value is -1.85. The maximum Gasteiger partial charge on any atom is 0.255 e. The largest absolute Gasteiger partial charge is 0.506 e.